The van der Waals surface area contributed by atoms with Crippen LogP contribution in [0.1, 0.15) is 44.2 Å². The summed E-state index contributed by atoms with van der Waals surface area (Å²) < 4.78 is 16.1. The van der Waals surface area contributed by atoms with E-state index in [4.69, 9.17) is 14.2 Å². The number of amides is 2. The zero-order valence-corrected chi connectivity index (χ0v) is 19.1. The van der Waals surface area contributed by atoms with E-state index >= 15 is 0 Å². The standard InChI is InChI=1S/C25H32N2O5/c1-4-13-26-25(29)21(5-2)27(16-19-7-6-8-20(14-19)30-3)24(28)12-10-18-9-11-22-23(15-18)32-17-31-22/h6-9,11,14-15,21H,4-5,10,12-13,16-17H2,1-3H3,(H,26,29)/t21-/m1/s1. The summed E-state index contributed by atoms with van der Waals surface area (Å²) in [7, 11) is 1.61. The lowest BCUT2D eigenvalue weighted by Gasteiger charge is -2.31. The Hall–Kier alpha value is -3.22. The van der Waals surface area contributed by atoms with Gasteiger partial charge in [-0.2, -0.15) is 0 Å². The van der Waals surface area contributed by atoms with Crippen molar-refractivity contribution in [1.82, 2.24) is 10.2 Å². The maximum atomic E-state index is 13.3. The highest BCUT2D eigenvalue weighted by atomic mass is 16.7. The van der Waals surface area contributed by atoms with Crippen LogP contribution in [0.25, 0.3) is 0 Å². The summed E-state index contributed by atoms with van der Waals surface area (Å²) in [6.07, 6.45) is 2.23. The molecule has 3 rings (SSSR count). The van der Waals surface area contributed by atoms with Crippen molar-refractivity contribution in [2.24, 2.45) is 0 Å². The monoisotopic (exact) mass is 440 g/mol. The summed E-state index contributed by atoms with van der Waals surface area (Å²) in [5.74, 6) is 1.96. The molecule has 7 heteroatoms. The number of fused-ring (bicyclic) bond motifs is 1. The van der Waals surface area contributed by atoms with E-state index in [0.29, 0.717) is 38.1 Å². The lowest BCUT2D eigenvalue weighted by Crippen LogP contribution is -2.49. The van der Waals surface area contributed by atoms with Gasteiger partial charge in [-0.05, 0) is 54.7 Å². The number of methoxy groups -OCH3 is 1. The van der Waals surface area contributed by atoms with Gasteiger partial charge in [0, 0.05) is 19.5 Å². The number of carbonyl (C=O) groups excluding carboxylic acids is 2. The number of aryl methyl sites for hydroxylation is 1. The van der Waals surface area contributed by atoms with Crippen LogP contribution in [0.4, 0.5) is 0 Å². The molecule has 2 aromatic carbocycles. The highest BCUT2D eigenvalue weighted by molar-refractivity contribution is 5.87. The number of benzene rings is 2. The number of rotatable bonds is 11. The maximum Gasteiger partial charge on any atom is 0.242 e. The van der Waals surface area contributed by atoms with Crippen LogP contribution in [0.15, 0.2) is 42.5 Å². The molecule has 0 aromatic heterocycles. The third-order valence-electron chi connectivity index (χ3n) is 5.49. The lowest BCUT2D eigenvalue weighted by molar-refractivity contribution is -0.141. The fraction of sp³-hybridized carbons (Fsp3) is 0.440. The zero-order valence-electron chi connectivity index (χ0n) is 19.1. The van der Waals surface area contributed by atoms with Gasteiger partial charge in [-0.15, -0.1) is 0 Å². The van der Waals surface area contributed by atoms with Gasteiger partial charge in [0.2, 0.25) is 18.6 Å². The summed E-state index contributed by atoms with van der Waals surface area (Å²) in [6, 6.07) is 12.8. The first-order valence-corrected chi connectivity index (χ1v) is 11.1. The number of hydrogen-bond donors (Lipinski definition) is 1. The summed E-state index contributed by atoms with van der Waals surface area (Å²) in [6.45, 7) is 5.09. The van der Waals surface area contributed by atoms with Gasteiger partial charge < -0.3 is 24.4 Å². The molecule has 1 atom stereocenters. The van der Waals surface area contributed by atoms with Crippen molar-refractivity contribution in [2.75, 3.05) is 20.4 Å². The largest absolute Gasteiger partial charge is 0.497 e. The van der Waals surface area contributed by atoms with Gasteiger partial charge in [0.1, 0.15) is 11.8 Å². The molecule has 32 heavy (non-hydrogen) atoms. The Morgan fingerprint density at radius 1 is 1.09 bits per heavy atom. The molecule has 0 radical (unpaired) electrons. The van der Waals surface area contributed by atoms with Crippen molar-refractivity contribution < 1.29 is 23.8 Å². The molecule has 172 valence electrons. The number of hydrogen-bond acceptors (Lipinski definition) is 5. The normalized spacial score (nSPS) is 12.8. The molecule has 7 nitrogen and oxygen atoms in total. The van der Waals surface area contributed by atoms with Gasteiger partial charge in [-0.3, -0.25) is 9.59 Å². The molecule has 0 aliphatic carbocycles. The van der Waals surface area contributed by atoms with E-state index in [1.165, 1.54) is 0 Å². The number of carbonyl (C=O) groups is 2. The first kappa shape index (κ1) is 23.4. The van der Waals surface area contributed by atoms with E-state index in [2.05, 4.69) is 5.32 Å². The highest BCUT2D eigenvalue weighted by Crippen LogP contribution is 2.32. The third kappa shape index (κ3) is 5.93. The van der Waals surface area contributed by atoms with Crippen molar-refractivity contribution in [3.63, 3.8) is 0 Å². The van der Waals surface area contributed by atoms with E-state index in [9.17, 15) is 9.59 Å². The molecular formula is C25H32N2O5. The van der Waals surface area contributed by atoms with Gasteiger partial charge in [0.05, 0.1) is 7.11 Å². The molecule has 0 unspecified atom stereocenters. The van der Waals surface area contributed by atoms with Crippen LogP contribution in [-0.2, 0) is 22.6 Å². The first-order valence-electron chi connectivity index (χ1n) is 11.1. The van der Waals surface area contributed by atoms with Crippen LogP contribution in [0.3, 0.4) is 0 Å². The smallest absolute Gasteiger partial charge is 0.242 e. The van der Waals surface area contributed by atoms with Gasteiger partial charge >= 0.3 is 0 Å². The first-order chi connectivity index (χ1) is 15.5. The minimum Gasteiger partial charge on any atom is -0.497 e. The Bertz CT molecular complexity index is 930. The molecule has 0 spiro atoms. The minimum absolute atomic E-state index is 0.0658. The molecule has 1 heterocycles. The second-order valence-electron chi connectivity index (χ2n) is 7.78. The maximum absolute atomic E-state index is 13.3. The second-order valence-corrected chi connectivity index (χ2v) is 7.78. The molecule has 1 aliphatic rings. The van der Waals surface area contributed by atoms with Crippen LogP contribution in [-0.4, -0.2) is 43.2 Å². The van der Waals surface area contributed by atoms with Gasteiger partial charge in [0.25, 0.3) is 0 Å². The zero-order chi connectivity index (χ0) is 22.9. The topological polar surface area (TPSA) is 77.1 Å². The minimum atomic E-state index is -0.531. The Kier molecular flexibility index (Phi) is 8.36. The van der Waals surface area contributed by atoms with Gasteiger partial charge in [-0.25, -0.2) is 0 Å². The Labute approximate surface area is 189 Å². The van der Waals surface area contributed by atoms with Crippen molar-refractivity contribution in [1.29, 1.82) is 0 Å². The van der Waals surface area contributed by atoms with E-state index in [1.807, 2.05) is 56.3 Å². The quantitative estimate of drug-likeness (QED) is 0.577. The summed E-state index contributed by atoms with van der Waals surface area (Å²) >= 11 is 0. The van der Waals surface area contributed by atoms with Crippen LogP contribution in [0.5, 0.6) is 17.2 Å². The predicted molar refractivity (Wildman–Crippen MR) is 122 cm³/mol. The van der Waals surface area contributed by atoms with E-state index in [1.54, 1.807) is 12.0 Å². The Morgan fingerprint density at radius 3 is 2.66 bits per heavy atom. The van der Waals surface area contributed by atoms with E-state index < -0.39 is 6.04 Å². The van der Waals surface area contributed by atoms with E-state index in [-0.39, 0.29) is 18.6 Å². The fourth-order valence-corrected chi connectivity index (χ4v) is 3.74. The molecule has 0 saturated heterocycles. The van der Waals surface area contributed by atoms with Crippen LogP contribution >= 0.6 is 0 Å². The van der Waals surface area contributed by atoms with E-state index in [0.717, 1.165) is 29.0 Å². The summed E-state index contributed by atoms with van der Waals surface area (Å²) in [5, 5.41) is 2.94. The average molecular weight is 441 g/mol. The number of nitrogens with one attached hydrogen (secondary N) is 1. The molecule has 0 saturated carbocycles. The molecule has 0 fully saturated rings. The Morgan fingerprint density at radius 2 is 1.91 bits per heavy atom. The van der Waals surface area contributed by atoms with Crippen LogP contribution in [0.2, 0.25) is 0 Å². The fourth-order valence-electron chi connectivity index (χ4n) is 3.74. The predicted octanol–water partition coefficient (Wildman–Crippen LogP) is 3.69. The van der Waals surface area contributed by atoms with Crippen molar-refractivity contribution in [2.45, 2.75) is 52.1 Å². The van der Waals surface area contributed by atoms with Gasteiger partial charge in [-0.1, -0.05) is 32.0 Å². The SMILES string of the molecule is CCCNC(=O)[C@@H](CC)N(Cc1cccc(OC)c1)C(=O)CCc1ccc2c(c1)OCO2. The number of nitrogens with zero attached hydrogens (tertiary/aromatic N) is 1. The highest BCUT2D eigenvalue weighted by Gasteiger charge is 2.28. The third-order valence-corrected chi connectivity index (χ3v) is 5.49. The van der Waals surface area contributed by atoms with Gasteiger partial charge in [0.15, 0.2) is 11.5 Å². The lowest BCUT2D eigenvalue weighted by atomic mass is 10.1. The average Bonchev–Trinajstić information content (AvgIpc) is 3.29. The van der Waals surface area contributed by atoms with Crippen LogP contribution < -0.4 is 19.5 Å². The molecular weight excluding hydrogens is 408 g/mol. The molecule has 2 aromatic rings. The molecule has 1 N–H and O–H groups in total. The molecule has 1 aliphatic heterocycles. The Balaban J connectivity index is 1.76. The molecule has 0 bridgehead atoms. The van der Waals surface area contributed by atoms with Crippen LogP contribution in [0, 0.1) is 0 Å². The molecule has 2 amide bonds. The summed E-state index contributed by atoms with van der Waals surface area (Å²) in [4.78, 5) is 27.9. The van der Waals surface area contributed by atoms with Crippen molar-refractivity contribution in [3.8, 4) is 17.2 Å². The van der Waals surface area contributed by atoms with Crippen molar-refractivity contribution >= 4 is 11.8 Å². The van der Waals surface area contributed by atoms with Crippen molar-refractivity contribution in [3.05, 3.63) is 53.6 Å². The number of ether oxygens (including phenoxy) is 3. The second kappa shape index (κ2) is 11.4. The summed E-state index contributed by atoms with van der Waals surface area (Å²) in [5.41, 5.74) is 1.91.